The number of aromatic nitrogens is 2. The lowest BCUT2D eigenvalue weighted by molar-refractivity contribution is 0.604. The quantitative estimate of drug-likeness (QED) is 0.748. The second kappa shape index (κ2) is 5.50. The second-order valence-corrected chi connectivity index (χ2v) is 4.06. The third-order valence-corrected chi connectivity index (χ3v) is 2.67. The molecule has 0 saturated carbocycles. The number of rotatable bonds is 5. The number of aryl methyl sites for hydroxylation is 3. The van der Waals surface area contributed by atoms with E-state index >= 15 is 0 Å². The lowest BCUT2D eigenvalue weighted by Crippen LogP contribution is -2.02. The van der Waals surface area contributed by atoms with E-state index in [1.54, 1.807) is 0 Å². The van der Waals surface area contributed by atoms with E-state index in [1.807, 2.05) is 4.68 Å². The number of nitrogens with zero attached hydrogens (tertiary/aromatic N) is 2. The van der Waals surface area contributed by atoms with Crippen molar-refractivity contribution in [3.8, 4) is 0 Å². The molecule has 84 valence electrons. The molecule has 0 saturated heterocycles. The molecular formula is C14H18N2. The van der Waals surface area contributed by atoms with Crippen LogP contribution in [0.3, 0.4) is 0 Å². The predicted molar refractivity (Wildman–Crippen MR) is 66.4 cm³/mol. The Morgan fingerprint density at radius 1 is 1.06 bits per heavy atom. The van der Waals surface area contributed by atoms with Crippen molar-refractivity contribution in [1.82, 2.24) is 9.78 Å². The number of hydrogen-bond acceptors (Lipinski definition) is 1. The Morgan fingerprint density at radius 3 is 2.62 bits per heavy atom. The molecule has 2 heteroatoms. The highest BCUT2D eigenvalue weighted by atomic mass is 15.3. The molecule has 16 heavy (non-hydrogen) atoms. The molecule has 0 spiro atoms. The van der Waals surface area contributed by atoms with Gasteiger partial charge in [-0.1, -0.05) is 43.7 Å². The van der Waals surface area contributed by atoms with Crippen LogP contribution in [0.2, 0.25) is 0 Å². The molecule has 0 aliphatic rings. The fourth-order valence-corrected chi connectivity index (χ4v) is 1.81. The van der Waals surface area contributed by atoms with E-state index < -0.39 is 0 Å². The minimum absolute atomic E-state index is 0.966. The maximum absolute atomic E-state index is 4.53. The maximum atomic E-state index is 4.53. The van der Waals surface area contributed by atoms with Crippen molar-refractivity contribution in [2.24, 2.45) is 0 Å². The maximum Gasteiger partial charge on any atom is 0.0624 e. The van der Waals surface area contributed by atoms with Crippen LogP contribution in [-0.4, -0.2) is 9.78 Å². The smallest absolute Gasteiger partial charge is 0.0624 e. The topological polar surface area (TPSA) is 17.8 Å². The predicted octanol–water partition coefficient (Wildman–Crippen LogP) is 3.08. The highest BCUT2D eigenvalue weighted by Gasteiger charge is 1.98. The highest BCUT2D eigenvalue weighted by molar-refractivity contribution is 5.14. The summed E-state index contributed by atoms with van der Waals surface area (Å²) in [6.45, 7) is 3.15. The summed E-state index contributed by atoms with van der Waals surface area (Å²) in [5.41, 5.74) is 2.57. The van der Waals surface area contributed by atoms with E-state index in [9.17, 15) is 0 Å². The Hall–Kier alpha value is -1.57. The summed E-state index contributed by atoms with van der Waals surface area (Å²) in [4.78, 5) is 0. The van der Waals surface area contributed by atoms with Gasteiger partial charge in [-0.25, -0.2) is 0 Å². The van der Waals surface area contributed by atoms with E-state index in [2.05, 4.69) is 54.6 Å². The molecule has 2 nitrogen and oxygen atoms in total. The monoisotopic (exact) mass is 214 g/mol. The van der Waals surface area contributed by atoms with Gasteiger partial charge in [0.15, 0.2) is 0 Å². The van der Waals surface area contributed by atoms with Crippen LogP contribution < -0.4 is 0 Å². The summed E-state index contributed by atoms with van der Waals surface area (Å²) in [6, 6.07) is 12.7. The van der Waals surface area contributed by atoms with Crippen molar-refractivity contribution >= 4 is 0 Å². The molecule has 0 amide bonds. The van der Waals surface area contributed by atoms with Crippen LogP contribution in [0.5, 0.6) is 0 Å². The normalized spacial score (nSPS) is 10.6. The fraction of sp³-hybridized carbons (Fsp3) is 0.357. The van der Waals surface area contributed by atoms with Gasteiger partial charge in [-0.2, -0.15) is 5.10 Å². The van der Waals surface area contributed by atoms with Crippen molar-refractivity contribution in [2.75, 3.05) is 0 Å². The molecule has 0 radical (unpaired) electrons. The molecule has 1 heterocycles. The van der Waals surface area contributed by atoms with Gasteiger partial charge in [-0.3, -0.25) is 4.68 Å². The molecular weight excluding hydrogens is 196 g/mol. The fourth-order valence-electron chi connectivity index (χ4n) is 1.81. The zero-order chi connectivity index (χ0) is 11.2. The molecule has 0 atom stereocenters. The largest absolute Gasteiger partial charge is 0.272 e. The van der Waals surface area contributed by atoms with Gasteiger partial charge in [0.1, 0.15) is 0 Å². The van der Waals surface area contributed by atoms with E-state index in [1.165, 1.54) is 11.3 Å². The van der Waals surface area contributed by atoms with Crippen molar-refractivity contribution in [1.29, 1.82) is 0 Å². The average Bonchev–Trinajstić information content (AvgIpc) is 2.76. The minimum Gasteiger partial charge on any atom is -0.272 e. The first kappa shape index (κ1) is 10.9. The molecule has 0 unspecified atom stereocenters. The third kappa shape index (κ3) is 2.96. The summed E-state index contributed by atoms with van der Waals surface area (Å²) >= 11 is 0. The minimum atomic E-state index is 0.966. The van der Waals surface area contributed by atoms with Gasteiger partial charge < -0.3 is 0 Å². The third-order valence-electron chi connectivity index (χ3n) is 2.67. The Labute approximate surface area is 96.9 Å². The van der Waals surface area contributed by atoms with Gasteiger partial charge >= 0.3 is 0 Å². The summed E-state index contributed by atoms with van der Waals surface area (Å²) in [7, 11) is 0. The van der Waals surface area contributed by atoms with Gasteiger partial charge in [-0.05, 0) is 24.5 Å². The zero-order valence-electron chi connectivity index (χ0n) is 9.76. The molecule has 1 aromatic heterocycles. The van der Waals surface area contributed by atoms with Gasteiger partial charge in [0.05, 0.1) is 5.69 Å². The van der Waals surface area contributed by atoms with Crippen LogP contribution in [0.25, 0.3) is 0 Å². The molecule has 0 N–H and O–H groups in total. The standard InChI is InChI=1S/C14H18N2/c1-2-6-14-10-12-16(15-14)11-9-13-7-4-3-5-8-13/h3-5,7-8,10,12H,2,6,9,11H2,1H3. The van der Waals surface area contributed by atoms with Crippen LogP contribution in [0.1, 0.15) is 24.6 Å². The Morgan fingerprint density at radius 2 is 1.88 bits per heavy atom. The summed E-state index contributed by atoms with van der Waals surface area (Å²) in [6.07, 6.45) is 5.37. The van der Waals surface area contributed by atoms with Crippen LogP contribution >= 0.6 is 0 Å². The SMILES string of the molecule is CCCc1ccn(CCc2ccccc2)n1. The van der Waals surface area contributed by atoms with Gasteiger partial charge in [0.2, 0.25) is 0 Å². The lowest BCUT2D eigenvalue weighted by Gasteiger charge is -2.01. The summed E-state index contributed by atoms with van der Waals surface area (Å²) in [5.74, 6) is 0. The van der Waals surface area contributed by atoms with E-state index in [0.29, 0.717) is 0 Å². The van der Waals surface area contributed by atoms with Crippen molar-refractivity contribution in [3.05, 3.63) is 53.9 Å². The van der Waals surface area contributed by atoms with Crippen molar-refractivity contribution in [2.45, 2.75) is 32.7 Å². The van der Waals surface area contributed by atoms with E-state index in [0.717, 1.165) is 25.8 Å². The van der Waals surface area contributed by atoms with Gasteiger partial charge in [0, 0.05) is 12.7 Å². The van der Waals surface area contributed by atoms with Crippen LogP contribution in [0, 0.1) is 0 Å². The molecule has 0 bridgehead atoms. The second-order valence-electron chi connectivity index (χ2n) is 4.06. The molecule has 0 fully saturated rings. The first-order valence-corrected chi connectivity index (χ1v) is 5.94. The van der Waals surface area contributed by atoms with Gasteiger partial charge in [-0.15, -0.1) is 0 Å². The van der Waals surface area contributed by atoms with Crippen LogP contribution in [-0.2, 0) is 19.4 Å². The summed E-state index contributed by atoms with van der Waals surface area (Å²) < 4.78 is 2.04. The molecule has 0 aliphatic carbocycles. The highest BCUT2D eigenvalue weighted by Crippen LogP contribution is 2.03. The molecule has 2 rings (SSSR count). The first-order chi connectivity index (χ1) is 7.88. The van der Waals surface area contributed by atoms with Gasteiger partial charge in [0.25, 0.3) is 0 Å². The van der Waals surface area contributed by atoms with Crippen molar-refractivity contribution in [3.63, 3.8) is 0 Å². The Kier molecular flexibility index (Phi) is 3.76. The zero-order valence-corrected chi connectivity index (χ0v) is 9.76. The van der Waals surface area contributed by atoms with E-state index in [4.69, 9.17) is 0 Å². The molecule has 1 aromatic carbocycles. The van der Waals surface area contributed by atoms with Crippen LogP contribution in [0.15, 0.2) is 42.6 Å². The lowest BCUT2D eigenvalue weighted by atomic mass is 10.2. The molecule has 0 aliphatic heterocycles. The number of benzene rings is 1. The van der Waals surface area contributed by atoms with E-state index in [-0.39, 0.29) is 0 Å². The average molecular weight is 214 g/mol. The van der Waals surface area contributed by atoms with Crippen molar-refractivity contribution < 1.29 is 0 Å². The molecule has 2 aromatic rings. The Bertz CT molecular complexity index is 417. The van der Waals surface area contributed by atoms with Crippen LogP contribution in [0.4, 0.5) is 0 Å². The first-order valence-electron chi connectivity index (χ1n) is 5.94. The summed E-state index contributed by atoms with van der Waals surface area (Å²) in [5, 5.41) is 4.53. The number of hydrogen-bond donors (Lipinski definition) is 0. The Balaban J connectivity index is 1.89.